The summed E-state index contributed by atoms with van der Waals surface area (Å²) >= 11 is 0. The van der Waals surface area contributed by atoms with E-state index in [1.165, 1.54) is 4.90 Å². The van der Waals surface area contributed by atoms with Gasteiger partial charge in [-0.25, -0.2) is 0 Å². The van der Waals surface area contributed by atoms with Crippen molar-refractivity contribution in [3.05, 3.63) is 35.4 Å². The molecule has 1 aromatic rings. The largest absolute Gasteiger partial charge is 0.345 e. The zero-order chi connectivity index (χ0) is 12.6. The van der Waals surface area contributed by atoms with Crippen LogP contribution in [0.2, 0.25) is 0 Å². The van der Waals surface area contributed by atoms with Crippen molar-refractivity contribution < 1.29 is 9.59 Å². The molecule has 1 aliphatic rings. The third kappa shape index (κ3) is 2.16. The van der Waals surface area contributed by atoms with Crippen molar-refractivity contribution >= 4 is 11.8 Å². The van der Waals surface area contributed by atoms with Crippen LogP contribution in [-0.4, -0.2) is 48.3 Å². The highest BCUT2D eigenvalue weighted by Gasteiger charge is 2.36. The minimum Gasteiger partial charge on any atom is -0.345 e. The third-order valence-corrected chi connectivity index (χ3v) is 2.91. The second-order valence-corrected chi connectivity index (χ2v) is 4.55. The average Bonchev–Trinajstić information content (AvgIpc) is 3.04. The maximum Gasteiger partial charge on any atom is 0.255 e. The lowest BCUT2D eigenvalue weighted by molar-refractivity contribution is 0.0807. The fraction of sp³-hybridized carbons (Fsp3) is 0.385. The molecule has 0 aliphatic carbocycles. The van der Waals surface area contributed by atoms with Crippen molar-refractivity contribution in [1.82, 2.24) is 9.80 Å². The first kappa shape index (κ1) is 11.6. The lowest BCUT2D eigenvalue weighted by atomic mass is 10.1. The maximum atomic E-state index is 12.1. The molecule has 1 heterocycles. The van der Waals surface area contributed by atoms with Crippen LogP contribution >= 0.6 is 0 Å². The topological polar surface area (TPSA) is 40.4 Å². The predicted molar refractivity (Wildman–Crippen MR) is 65.0 cm³/mol. The number of rotatable bonds is 2. The van der Waals surface area contributed by atoms with Crippen molar-refractivity contribution in [2.24, 2.45) is 0 Å². The van der Waals surface area contributed by atoms with Gasteiger partial charge >= 0.3 is 0 Å². The van der Waals surface area contributed by atoms with Gasteiger partial charge < -0.3 is 9.80 Å². The molecule has 17 heavy (non-hydrogen) atoms. The van der Waals surface area contributed by atoms with Gasteiger partial charge in [0.15, 0.2) is 0 Å². The first-order valence-electron chi connectivity index (χ1n) is 5.64. The van der Waals surface area contributed by atoms with E-state index in [4.69, 9.17) is 0 Å². The summed E-state index contributed by atoms with van der Waals surface area (Å²) in [6, 6.07) is 7.27. The Bertz CT molecular complexity index is 468. The molecule has 1 unspecified atom stereocenters. The van der Waals surface area contributed by atoms with Crippen LogP contribution in [-0.2, 0) is 0 Å². The van der Waals surface area contributed by atoms with Crippen LogP contribution in [0.3, 0.4) is 0 Å². The molecule has 0 N–H and O–H groups in total. The Hall–Kier alpha value is -1.84. The normalized spacial score (nSPS) is 17.8. The Morgan fingerprint density at radius 2 is 1.76 bits per heavy atom. The van der Waals surface area contributed by atoms with Crippen molar-refractivity contribution in [2.75, 3.05) is 20.6 Å². The van der Waals surface area contributed by atoms with Gasteiger partial charge in [-0.15, -0.1) is 0 Å². The molecule has 2 amide bonds. The molecule has 0 saturated carbocycles. The summed E-state index contributed by atoms with van der Waals surface area (Å²) in [5, 5.41) is 0. The van der Waals surface area contributed by atoms with E-state index in [9.17, 15) is 9.59 Å². The van der Waals surface area contributed by atoms with Crippen LogP contribution in [0, 0.1) is 0 Å². The van der Waals surface area contributed by atoms with E-state index in [0.717, 1.165) is 6.54 Å². The Labute approximate surface area is 101 Å². The summed E-state index contributed by atoms with van der Waals surface area (Å²) < 4.78 is 0. The van der Waals surface area contributed by atoms with Gasteiger partial charge in [0, 0.05) is 26.7 Å². The summed E-state index contributed by atoms with van der Waals surface area (Å²) in [7, 11) is 3.37. The van der Waals surface area contributed by atoms with E-state index in [1.807, 2.05) is 6.92 Å². The van der Waals surface area contributed by atoms with Crippen LogP contribution in [0.5, 0.6) is 0 Å². The molecule has 90 valence electrons. The molecule has 2 rings (SSSR count). The zero-order valence-corrected chi connectivity index (χ0v) is 10.3. The molecule has 1 aromatic carbocycles. The molecule has 4 heteroatoms. The summed E-state index contributed by atoms with van der Waals surface area (Å²) in [5.74, 6) is -0.188. The Morgan fingerprint density at radius 1 is 1.24 bits per heavy atom. The highest BCUT2D eigenvalue weighted by molar-refractivity contribution is 6.07. The quantitative estimate of drug-likeness (QED) is 0.720. The van der Waals surface area contributed by atoms with Gasteiger partial charge in [-0.05, 0) is 19.1 Å². The van der Waals surface area contributed by atoms with E-state index in [-0.39, 0.29) is 11.8 Å². The summed E-state index contributed by atoms with van der Waals surface area (Å²) in [6.07, 6.45) is 0. The van der Waals surface area contributed by atoms with Gasteiger partial charge in [0.25, 0.3) is 11.8 Å². The first-order valence-corrected chi connectivity index (χ1v) is 5.64. The van der Waals surface area contributed by atoms with Crippen LogP contribution in [0.25, 0.3) is 0 Å². The second-order valence-electron chi connectivity index (χ2n) is 4.55. The van der Waals surface area contributed by atoms with Crippen LogP contribution in [0.1, 0.15) is 27.6 Å². The Morgan fingerprint density at radius 3 is 2.24 bits per heavy atom. The van der Waals surface area contributed by atoms with Gasteiger partial charge in [-0.1, -0.05) is 12.1 Å². The molecule has 1 fully saturated rings. The highest BCUT2D eigenvalue weighted by atomic mass is 16.2. The minimum atomic E-state index is -0.136. The van der Waals surface area contributed by atoms with Crippen LogP contribution in [0.4, 0.5) is 0 Å². The number of amides is 2. The molecule has 0 spiro atoms. The SMILES string of the molecule is CC1CN1C(=O)c1ccccc1C(=O)N(C)C. The van der Waals surface area contributed by atoms with Gasteiger partial charge in [-0.2, -0.15) is 0 Å². The third-order valence-electron chi connectivity index (χ3n) is 2.91. The van der Waals surface area contributed by atoms with Crippen molar-refractivity contribution in [3.8, 4) is 0 Å². The van der Waals surface area contributed by atoms with Gasteiger partial charge in [0.05, 0.1) is 11.1 Å². The number of hydrogen-bond acceptors (Lipinski definition) is 2. The second kappa shape index (κ2) is 4.20. The van der Waals surface area contributed by atoms with Crippen molar-refractivity contribution in [3.63, 3.8) is 0 Å². The standard InChI is InChI=1S/C13H16N2O2/c1-9-8-15(9)13(17)11-7-5-4-6-10(11)12(16)14(2)3/h4-7,9H,8H2,1-3H3. The first-order chi connectivity index (χ1) is 8.02. The Balaban J connectivity index is 2.34. The number of hydrogen-bond donors (Lipinski definition) is 0. The predicted octanol–water partition coefficient (Wildman–Crippen LogP) is 1.23. The molecule has 0 bridgehead atoms. The Kier molecular flexibility index (Phi) is 2.88. The van der Waals surface area contributed by atoms with Crippen molar-refractivity contribution in [2.45, 2.75) is 13.0 Å². The molecule has 1 saturated heterocycles. The monoisotopic (exact) mass is 232 g/mol. The minimum absolute atomic E-state index is 0.0525. The summed E-state index contributed by atoms with van der Waals surface area (Å²) in [6.45, 7) is 2.78. The summed E-state index contributed by atoms with van der Waals surface area (Å²) in [4.78, 5) is 27.3. The zero-order valence-electron chi connectivity index (χ0n) is 10.3. The van der Waals surface area contributed by atoms with Gasteiger partial charge in [-0.3, -0.25) is 9.59 Å². The summed E-state index contributed by atoms with van der Waals surface area (Å²) in [5.41, 5.74) is 0.970. The number of carbonyl (C=O) groups excluding carboxylic acids is 2. The lowest BCUT2D eigenvalue weighted by Crippen LogP contribution is -2.25. The van der Waals surface area contributed by atoms with E-state index in [0.29, 0.717) is 17.2 Å². The average molecular weight is 232 g/mol. The molecule has 1 atom stereocenters. The molecular formula is C13H16N2O2. The molecular weight excluding hydrogens is 216 g/mol. The van der Waals surface area contributed by atoms with E-state index in [2.05, 4.69) is 0 Å². The lowest BCUT2D eigenvalue weighted by Gasteiger charge is -2.13. The number of nitrogens with zero attached hydrogens (tertiary/aromatic N) is 2. The van der Waals surface area contributed by atoms with Crippen LogP contribution < -0.4 is 0 Å². The molecule has 4 nitrogen and oxygen atoms in total. The maximum absolute atomic E-state index is 12.1. The molecule has 0 radical (unpaired) electrons. The van der Waals surface area contributed by atoms with Crippen molar-refractivity contribution in [1.29, 1.82) is 0 Å². The van der Waals surface area contributed by atoms with Gasteiger partial charge in [0.1, 0.15) is 0 Å². The number of benzene rings is 1. The molecule has 0 aromatic heterocycles. The van der Waals surface area contributed by atoms with E-state index < -0.39 is 0 Å². The highest BCUT2D eigenvalue weighted by Crippen LogP contribution is 2.22. The fourth-order valence-corrected chi connectivity index (χ4v) is 1.77. The fourth-order valence-electron chi connectivity index (χ4n) is 1.77. The van der Waals surface area contributed by atoms with E-state index >= 15 is 0 Å². The molecule has 1 aliphatic heterocycles. The van der Waals surface area contributed by atoms with Gasteiger partial charge in [0.2, 0.25) is 0 Å². The van der Waals surface area contributed by atoms with E-state index in [1.54, 1.807) is 43.3 Å². The smallest absolute Gasteiger partial charge is 0.255 e. The van der Waals surface area contributed by atoms with Crippen LogP contribution in [0.15, 0.2) is 24.3 Å². The number of carbonyl (C=O) groups is 2.